The van der Waals surface area contributed by atoms with E-state index in [1.54, 1.807) is 12.1 Å². The number of nitrogens with one attached hydrogen (secondary N) is 2. The van der Waals surface area contributed by atoms with E-state index in [2.05, 4.69) is 10.6 Å². The van der Waals surface area contributed by atoms with Gasteiger partial charge in [0.15, 0.2) is 0 Å². The molecule has 160 valence electrons. The normalized spacial score (nSPS) is 18.2. The van der Waals surface area contributed by atoms with Crippen molar-refractivity contribution in [1.29, 1.82) is 0 Å². The number of para-hydroxylation sites is 2. The highest BCUT2D eigenvalue weighted by Gasteiger charge is 2.37. The molecule has 2 N–H and O–H groups in total. The molecule has 2 atom stereocenters. The molecular formula is C24H25N3O3S. The second-order valence-electron chi connectivity index (χ2n) is 7.71. The summed E-state index contributed by atoms with van der Waals surface area (Å²) >= 11 is 0. The highest BCUT2D eigenvalue weighted by molar-refractivity contribution is 7.92. The van der Waals surface area contributed by atoms with Crippen LogP contribution in [0.15, 0.2) is 83.8 Å². The maximum Gasteiger partial charge on any atom is 0.264 e. The first kappa shape index (κ1) is 20.9. The van der Waals surface area contributed by atoms with E-state index in [1.165, 1.54) is 23.4 Å². The van der Waals surface area contributed by atoms with Gasteiger partial charge in [-0.15, -0.1) is 0 Å². The molecular weight excluding hydrogens is 410 g/mol. The van der Waals surface area contributed by atoms with Crippen LogP contribution in [0.2, 0.25) is 0 Å². The van der Waals surface area contributed by atoms with Crippen LogP contribution in [0.1, 0.15) is 31.9 Å². The number of fused-ring (bicyclic) bond motifs is 1. The van der Waals surface area contributed by atoms with Gasteiger partial charge in [-0.1, -0.05) is 36.4 Å². The van der Waals surface area contributed by atoms with Crippen LogP contribution in [0, 0.1) is 0 Å². The number of benzene rings is 3. The van der Waals surface area contributed by atoms with Crippen LogP contribution in [-0.2, 0) is 14.8 Å². The number of rotatable bonds is 5. The molecule has 7 heteroatoms. The van der Waals surface area contributed by atoms with Crippen molar-refractivity contribution < 1.29 is 13.2 Å². The zero-order chi connectivity index (χ0) is 22.0. The first-order valence-corrected chi connectivity index (χ1v) is 11.6. The molecule has 1 aliphatic rings. The number of anilines is 3. The molecule has 31 heavy (non-hydrogen) atoms. The minimum absolute atomic E-state index is 0.00203. The zero-order valence-corrected chi connectivity index (χ0v) is 18.3. The molecule has 0 radical (unpaired) electrons. The van der Waals surface area contributed by atoms with E-state index in [-0.39, 0.29) is 22.9 Å². The van der Waals surface area contributed by atoms with Crippen LogP contribution in [0.4, 0.5) is 17.1 Å². The lowest BCUT2D eigenvalue weighted by Gasteiger charge is -2.40. The Labute approximate surface area is 183 Å². The third-order valence-electron chi connectivity index (χ3n) is 5.37. The van der Waals surface area contributed by atoms with Crippen LogP contribution in [0.5, 0.6) is 0 Å². The number of hydrogen-bond acceptors (Lipinski definition) is 4. The number of sulfonamides is 1. The second-order valence-corrected chi connectivity index (χ2v) is 9.53. The molecule has 0 aromatic heterocycles. The van der Waals surface area contributed by atoms with Crippen molar-refractivity contribution >= 4 is 33.0 Å². The quantitative estimate of drug-likeness (QED) is 0.604. The monoisotopic (exact) mass is 435 g/mol. The van der Waals surface area contributed by atoms with Crippen LogP contribution >= 0.6 is 0 Å². The molecule has 1 aliphatic heterocycles. The van der Waals surface area contributed by atoms with Gasteiger partial charge in [-0.25, -0.2) is 8.42 Å². The van der Waals surface area contributed by atoms with E-state index in [0.29, 0.717) is 17.8 Å². The van der Waals surface area contributed by atoms with Crippen molar-refractivity contribution in [2.75, 3.05) is 14.9 Å². The van der Waals surface area contributed by atoms with Crippen molar-refractivity contribution in [3.05, 3.63) is 84.4 Å². The van der Waals surface area contributed by atoms with Crippen molar-refractivity contribution in [2.45, 2.75) is 37.2 Å². The molecule has 3 aromatic carbocycles. The Morgan fingerprint density at radius 2 is 1.55 bits per heavy atom. The Morgan fingerprint density at radius 3 is 2.23 bits per heavy atom. The fourth-order valence-electron chi connectivity index (χ4n) is 4.05. The smallest absolute Gasteiger partial charge is 0.264 e. The molecule has 2 unspecified atom stereocenters. The van der Waals surface area contributed by atoms with E-state index in [9.17, 15) is 13.2 Å². The molecule has 3 aromatic rings. The van der Waals surface area contributed by atoms with Gasteiger partial charge in [-0.3, -0.25) is 9.10 Å². The number of carbonyl (C=O) groups excluding carboxylic acids is 1. The van der Waals surface area contributed by atoms with Crippen molar-refractivity contribution in [3.8, 4) is 0 Å². The molecule has 0 spiro atoms. The Bertz CT molecular complexity index is 1180. The summed E-state index contributed by atoms with van der Waals surface area (Å²) in [4.78, 5) is 11.4. The number of nitrogens with zero attached hydrogens (tertiary/aromatic N) is 1. The molecule has 1 amide bonds. The van der Waals surface area contributed by atoms with Gasteiger partial charge in [-0.2, -0.15) is 0 Å². The predicted octanol–water partition coefficient (Wildman–Crippen LogP) is 4.79. The number of carbonyl (C=O) groups is 1. The summed E-state index contributed by atoms with van der Waals surface area (Å²) in [6, 6.07) is 23.6. The van der Waals surface area contributed by atoms with Crippen LogP contribution in [0.25, 0.3) is 0 Å². The summed E-state index contributed by atoms with van der Waals surface area (Å²) < 4.78 is 28.7. The molecule has 4 rings (SSSR count). The number of hydrogen-bond donors (Lipinski definition) is 2. The number of amides is 1. The van der Waals surface area contributed by atoms with Gasteiger partial charge in [0.25, 0.3) is 10.0 Å². The topological polar surface area (TPSA) is 78.5 Å². The Balaban J connectivity index is 1.69. The van der Waals surface area contributed by atoms with E-state index in [4.69, 9.17) is 0 Å². The standard InChI is InChI=1S/C24H25N3O3S/c1-17-16-23(26-19-8-4-3-5-9-19)22-10-6-7-11-24(22)27(17)31(29,30)21-14-12-20(13-15-21)25-18(2)28/h3-15,17,23,26H,16H2,1-2H3,(H,25,28). The van der Waals surface area contributed by atoms with Gasteiger partial charge in [0.05, 0.1) is 16.6 Å². The van der Waals surface area contributed by atoms with E-state index in [0.717, 1.165) is 11.3 Å². The van der Waals surface area contributed by atoms with Crippen molar-refractivity contribution in [2.24, 2.45) is 0 Å². The van der Waals surface area contributed by atoms with E-state index >= 15 is 0 Å². The van der Waals surface area contributed by atoms with Crippen molar-refractivity contribution in [3.63, 3.8) is 0 Å². The zero-order valence-electron chi connectivity index (χ0n) is 17.4. The highest BCUT2D eigenvalue weighted by atomic mass is 32.2. The molecule has 0 fully saturated rings. The Morgan fingerprint density at radius 1 is 0.903 bits per heavy atom. The van der Waals surface area contributed by atoms with Gasteiger partial charge in [0, 0.05) is 24.3 Å². The lowest BCUT2D eigenvalue weighted by atomic mass is 9.93. The van der Waals surface area contributed by atoms with Crippen molar-refractivity contribution in [1.82, 2.24) is 0 Å². The summed E-state index contributed by atoms with van der Waals surface area (Å²) in [7, 11) is -3.77. The van der Waals surface area contributed by atoms with Gasteiger partial charge in [-0.05, 0) is 61.4 Å². The summed E-state index contributed by atoms with van der Waals surface area (Å²) in [5, 5.41) is 6.20. The second kappa shape index (κ2) is 8.43. The van der Waals surface area contributed by atoms with Gasteiger partial charge >= 0.3 is 0 Å². The fourth-order valence-corrected chi connectivity index (χ4v) is 5.74. The Kier molecular flexibility index (Phi) is 5.69. The summed E-state index contributed by atoms with van der Waals surface area (Å²) in [6.45, 7) is 3.34. The predicted molar refractivity (Wildman–Crippen MR) is 124 cm³/mol. The van der Waals surface area contributed by atoms with Gasteiger partial charge < -0.3 is 10.6 Å². The van der Waals surface area contributed by atoms with Gasteiger partial charge in [0.1, 0.15) is 0 Å². The maximum atomic E-state index is 13.6. The molecule has 6 nitrogen and oxygen atoms in total. The molecule has 0 bridgehead atoms. The van der Waals surface area contributed by atoms with E-state index in [1.807, 2.05) is 61.5 Å². The molecule has 0 saturated heterocycles. The fraction of sp³-hybridized carbons (Fsp3) is 0.208. The maximum absolute atomic E-state index is 13.6. The van der Waals surface area contributed by atoms with Crippen LogP contribution in [0.3, 0.4) is 0 Å². The molecule has 0 aliphatic carbocycles. The SMILES string of the molecule is CC(=O)Nc1ccc(S(=O)(=O)N2c3ccccc3C(Nc3ccccc3)CC2C)cc1. The minimum atomic E-state index is -3.77. The average Bonchev–Trinajstić information content (AvgIpc) is 2.74. The lowest BCUT2D eigenvalue weighted by Crippen LogP contribution is -2.44. The molecule has 0 saturated carbocycles. The highest BCUT2D eigenvalue weighted by Crippen LogP contribution is 2.41. The summed E-state index contributed by atoms with van der Waals surface area (Å²) in [5.41, 5.74) is 3.19. The van der Waals surface area contributed by atoms with E-state index < -0.39 is 10.0 Å². The largest absolute Gasteiger partial charge is 0.378 e. The summed E-state index contributed by atoms with van der Waals surface area (Å²) in [5.74, 6) is -0.203. The molecule has 1 heterocycles. The average molecular weight is 436 g/mol. The van der Waals surface area contributed by atoms with Crippen LogP contribution < -0.4 is 14.9 Å². The first-order valence-electron chi connectivity index (χ1n) is 10.2. The first-order chi connectivity index (χ1) is 14.9. The summed E-state index contributed by atoms with van der Waals surface area (Å²) in [6.07, 6.45) is 0.634. The van der Waals surface area contributed by atoms with Gasteiger partial charge in [0.2, 0.25) is 5.91 Å². The minimum Gasteiger partial charge on any atom is -0.378 e. The lowest BCUT2D eigenvalue weighted by molar-refractivity contribution is -0.114. The van der Waals surface area contributed by atoms with Crippen LogP contribution in [-0.4, -0.2) is 20.4 Å². The Hall–Kier alpha value is -3.32. The third-order valence-corrected chi connectivity index (χ3v) is 7.32. The third kappa shape index (κ3) is 4.27.